The van der Waals surface area contributed by atoms with Crippen molar-refractivity contribution in [3.63, 3.8) is 0 Å². The Labute approximate surface area is 144 Å². The summed E-state index contributed by atoms with van der Waals surface area (Å²) in [6.45, 7) is 8.64. The van der Waals surface area contributed by atoms with Crippen molar-refractivity contribution in [1.82, 2.24) is 4.90 Å². The molecule has 1 saturated heterocycles. The van der Waals surface area contributed by atoms with Crippen molar-refractivity contribution in [3.05, 3.63) is 29.3 Å². The second-order valence-corrected chi connectivity index (χ2v) is 6.49. The van der Waals surface area contributed by atoms with Crippen LogP contribution in [-0.4, -0.2) is 43.0 Å². The maximum Gasteiger partial charge on any atom is 0.310 e. The molecule has 0 aromatic heterocycles. The third-order valence-corrected chi connectivity index (χ3v) is 4.57. The molecule has 1 aromatic carbocycles. The van der Waals surface area contributed by atoms with Gasteiger partial charge < -0.3 is 15.0 Å². The second kappa shape index (κ2) is 8.83. The van der Waals surface area contributed by atoms with Crippen LogP contribution < -0.4 is 5.32 Å². The molecule has 1 N–H and O–H groups in total. The Hall–Kier alpha value is -1.88. The number of carbonyl (C=O) groups excluding carboxylic acids is 2. The fourth-order valence-corrected chi connectivity index (χ4v) is 3.01. The van der Waals surface area contributed by atoms with Gasteiger partial charge in [-0.05, 0) is 63.4 Å². The zero-order valence-corrected chi connectivity index (χ0v) is 14.9. The van der Waals surface area contributed by atoms with Crippen LogP contribution in [0.25, 0.3) is 0 Å². The largest absolute Gasteiger partial charge is 0.466 e. The highest BCUT2D eigenvalue weighted by molar-refractivity contribution is 5.90. The number of ether oxygens (including phenoxy) is 1. The number of likely N-dealkylation sites (tertiary alicyclic amines) is 1. The van der Waals surface area contributed by atoms with Gasteiger partial charge in [0.15, 0.2) is 0 Å². The van der Waals surface area contributed by atoms with E-state index in [1.165, 1.54) is 11.1 Å². The van der Waals surface area contributed by atoms with Gasteiger partial charge in [-0.1, -0.05) is 6.07 Å². The lowest BCUT2D eigenvalue weighted by atomic mass is 9.98. The van der Waals surface area contributed by atoms with Gasteiger partial charge in [0.1, 0.15) is 0 Å². The summed E-state index contributed by atoms with van der Waals surface area (Å²) in [5.41, 5.74) is 3.22. The molecule has 1 fully saturated rings. The maximum absolute atomic E-state index is 12.1. The zero-order valence-electron chi connectivity index (χ0n) is 14.9. The first kappa shape index (κ1) is 18.5. The molecular formula is C19H28N2O3. The molecule has 1 amide bonds. The van der Waals surface area contributed by atoms with E-state index < -0.39 is 0 Å². The molecule has 24 heavy (non-hydrogen) atoms. The summed E-state index contributed by atoms with van der Waals surface area (Å²) in [7, 11) is 0. The summed E-state index contributed by atoms with van der Waals surface area (Å²) < 4.78 is 5.11. The van der Waals surface area contributed by atoms with Crippen LogP contribution in [0.5, 0.6) is 0 Å². The molecule has 0 radical (unpaired) electrons. The molecule has 5 heteroatoms. The molecule has 132 valence electrons. The lowest BCUT2D eigenvalue weighted by Gasteiger charge is -2.31. The molecule has 2 rings (SSSR count). The number of hydrogen-bond acceptors (Lipinski definition) is 4. The van der Waals surface area contributed by atoms with Gasteiger partial charge in [0, 0.05) is 25.2 Å². The Morgan fingerprint density at radius 2 is 2.08 bits per heavy atom. The molecule has 0 saturated carbocycles. The molecule has 1 heterocycles. The first-order valence-corrected chi connectivity index (χ1v) is 8.75. The predicted octanol–water partition coefficient (Wildman–Crippen LogP) is 2.91. The number of carbonyl (C=O) groups is 2. The number of esters is 1. The molecule has 1 aliphatic heterocycles. The summed E-state index contributed by atoms with van der Waals surface area (Å²) in [6.07, 6.45) is 2.29. The Bertz CT molecular complexity index is 586. The van der Waals surface area contributed by atoms with Gasteiger partial charge in [0.25, 0.3) is 0 Å². The smallest absolute Gasteiger partial charge is 0.310 e. The van der Waals surface area contributed by atoms with Crippen LogP contribution >= 0.6 is 0 Å². The average molecular weight is 332 g/mol. The summed E-state index contributed by atoms with van der Waals surface area (Å²) in [5.74, 6) is -0.153. The van der Waals surface area contributed by atoms with Crippen molar-refractivity contribution in [2.45, 2.75) is 40.0 Å². The van der Waals surface area contributed by atoms with E-state index in [4.69, 9.17) is 4.74 Å². The highest BCUT2D eigenvalue weighted by Gasteiger charge is 2.26. The quantitative estimate of drug-likeness (QED) is 0.814. The van der Waals surface area contributed by atoms with Gasteiger partial charge in [-0.25, -0.2) is 0 Å². The van der Waals surface area contributed by atoms with Crippen LogP contribution in [0.3, 0.4) is 0 Å². The van der Waals surface area contributed by atoms with E-state index in [-0.39, 0.29) is 17.8 Å². The molecule has 0 aliphatic carbocycles. The van der Waals surface area contributed by atoms with Crippen LogP contribution in [0.1, 0.15) is 37.3 Å². The predicted molar refractivity (Wildman–Crippen MR) is 95.0 cm³/mol. The number of rotatable bonds is 6. The van der Waals surface area contributed by atoms with Gasteiger partial charge in [0.2, 0.25) is 5.91 Å². The summed E-state index contributed by atoms with van der Waals surface area (Å²) in [6, 6.07) is 5.93. The number of piperidine rings is 1. The summed E-state index contributed by atoms with van der Waals surface area (Å²) >= 11 is 0. The van der Waals surface area contributed by atoms with Crippen molar-refractivity contribution >= 4 is 17.6 Å². The number of anilines is 1. The molecule has 1 aliphatic rings. The van der Waals surface area contributed by atoms with E-state index in [0.717, 1.165) is 25.1 Å². The SMILES string of the molecule is CCOC(=O)[C@H]1CCCN(CCC(=O)Nc2ccc(C)c(C)c2)C1. The monoisotopic (exact) mass is 332 g/mol. The van der Waals surface area contributed by atoms with Crippen molar-refractivity contribution in [1.29, 1.82) is 0 Å². The Kier molecular flexibility index (Phi) is 6.79. The minimum absolute atomic E-state index is 0.0107. The van der Waals surface area contributed by atoms with E-state index in [9.17, 15) is 9.59 Å². The van der Waals surface area contributed by atoms with E-state index in [0.29, 0.717) is 26.1 Å². The van der Waals surface area contributed by atoms with E-state index in [1.54, 1.807) is 0 Å². The standard InChI is InChI=1S/C19H28N2O3/c1-4-24-19(23)16-6-5-10-21(13-16)11-9-18(22)20-17-8-7-14(2)15(3)12-17/h7-8,12,16H,4-6,9-11,13H2,1-3H3,(H,20,22)/t16-/m0/s1. The number of nitrogens with one attached hydrogen (secondary N) is 1. The fourth-order valence-electron chi connectivity index (χ4n) is 3.01. The second-order valence-electron chi connectivity index (χ2n) is 6.49. The molecule has 0 spiro atoms. The fraction of sp³-hybridized carbons (Fsp3) is 0.579. The van der Waals surface area contributed by atoms with Gasteiger partial charge in [-0.15, -0.1) is 0 Å². The number of benzene rings is 1. The Morgan fingerprint density at radius 3 is 2.79 bits per heavy atom. The molecule has 1 aromatic rings. The number of amides is 1. The molecule has 5 nitrogen and oxygen atoms in total. The average Bonchev–Trinajstić information content (AvgIpc) is 2.57. The lowest BCUT2D eigenvalue weighted by Crippen LogP contribution is -2.40. The van der Waals surface area contributed by atoms with Gasteiger partial charge in [0.05, 0.1) is 12.5 Å². The third kappa shape index (κ3) is 5.34. The number of aryl methyl sites for hydroxylation is 2. The van der Waals surface area contributed by atoms with Crippen molar-refractivity contribution in [3.8, 4) is 0 Å². The molecule has 0 unspecified atom stereocenters. The van der Waals surface area contributed by atoms with Gasteiger partial charge in [-0.2, -0.15) is 0 Å². The minimum Gasteiger partial charge on any atom is -0.466 e. The van der Waals surface area contributed by atoms with Gasteiger partial charge in [-0.3, -0.25) is 9.59 Å². The van der Waals surface area contributed by atoms with Crippen LogP contribution in [0.15, 0.2) is 18.2 Å². The zero-order chi connectivity index (χ0) is 17.5. The van der Waals surface area contributed by atoms with E-state index in [1.807, 2.05) is 32.0 Å². The van der Waals surface area contributed by atoms with Crippen molar-refractivity contribution < 1.29 is 14.3 Å². The minimum atomic E-state index is -0.109. The van der Waals surface area contributed by atoms with Crippen LogP contribution in [-0.2, 0) is 14.3 Å². The third-order valence-electron chi connectivity index (χ3n) is 4.57. The molecule has 0 bridgehead atoms. The lowest BCUT2D eigenvalue weighted by molar-refractivity contribution is -0.149. The highest BCUT2D eigenvalue weighted by Crippen LogP contribution is 2.18. The van der Waals surface area contributed by atoms with Crippen molar-refractivity contribution in [2.24, 2.45) is 5.92 Å². The number of nitrogens with zero attached hydrogens (tertiary/aromatic N) is 1. The van der Waals surface area contributed by atoms with Crippen LogP contribution in [0.2, 0.25) is 0 Å². The normalized spacial score (nSPS) is 18.2. The first-order valence-electron chi connectivity index (χ1n) is 8.75. The van der Waals surface area contributed by atoms with E-state index in [2.05, 4.69) is 17.1 Å². The van der Waals surface area contributed by atoms with E-state index >= 15 is 0 Å². The topological polar surface area (TPSA) is 58.6 Å². The highest BCUT2D eigenvalue weighted by atomic mass is 16.5. The first-order chi connectivity index (χ1) is 11.5. The van der Waals surface area contributed by atoms with Crippen LogP contribution in [0, 0.1) is 19.8 Å². The van der Waals surface area contributed by atoms with Crippen molar-refractivity contribution in [2.75, 3.05) is 31.6 Å². The summed E-state index contributed by atoms with van der Waals surface area (Å²) in [4.78, 5) is 26.2. The maximum atomic E-state index is 12.1. The Morgan fingerprint density at radius 1 is 1.29 bits per heavy atom. The molecule has 1 atom stereocenters. The van der Waals surface area contributed by atoms with Gasteiger partial charge >= 0.3 is 5.97 Å². The Balaban J connectivity index is 1.78. The number of hydrogen-bond donors (Lipinski definition) is 1. The van der Waals surface area contributed by atoms with Crippen LogP contribution in [0.4, 0.5) is 5.69 Å². The molecular weight excluding hydrogens is 304 g/mol. The summed E-state index contributed by atoms with van der Waals surface area (Å²) in [5, 5.41) is 2.95.